The van der Waals surface area contributed by atoms with Crippen LogP contribution >= 0.6 is 0 Å². The molecule has 0 radical (unpaired) electrons. The SMILES string of the molecule is O.[2H]CN(C(=O)OC(C)(C)C)[C@@H](CC(C)C)C(=O)O. The molecule has 108 valence electrons. The largest absolute Gasteiger partial charge is 0.480 e. The van der Waals surface area contributed by atoms with Gasteiger partial charge in [0.1, 0.15) is 11.6 Å². The summed E-state index contributed by atoms with van der Waals surface area (Å²) in [6.45, 7) is 8.84. The first-order valence-electron chi connectivity index (χ1n) is 6.31. The van der Waals surface area contributed by atoms with Crippen LogP contribution < -0.4 is 0 Å². The average molecular weight is 264 g/mol. The Morgan fingerprint density at radius 1 is 1.39 bits per heavy atom. The fourth-order valence-electron chi connectivity index (χ4n) is 1.26. The standard InChI is InChI=1S/C12H23NO4.H2O/c1-8(2)7-9(10(14)15)13(6)11(16)17-12(3,4)5;/h8-9H,7H2,1-6H3,(H,14,15);1H2/t9-;/m0./s1/i6D;. The van der Waals surface area contributed by atoms with E-state index in [9.17, 15) is 9.59 Å². The molecule has 0 rings (SSSR count). The minimum Gasteiger partial charge on any atom is -0.480 e. The Kier molecular flexibility index (Phi) is 6.68. The maximum absolute atomic E-state index is 11.8. The van der Waals surface area contributed by atoms with Gasteiger partial charge < -0.3 is 15.3 Å². The zero-order chi connectivity index (χ0) is 14.5. The first-order valence-corrected chi connectivity index (χ1v) is 5.60. The van der Waals surface area contributed by atoms with Gasteiger partial charge in [0, 0.05) is 8.39 Å². The molecular formula is C12H25NO5. The van der Waals surface area contributed by atoms with Crippen LogP contribution in [0.5, 0.6) is 0 Å². The van der Waals surface area contributed by atoms with E-state index in [4.69, 9.17) is 11.2 Å². The quantitative estimate of drug-likeness (QED) is 0.832. The third-order valence-corrected chi connectivity index (χ3v) is 1.98. The van der Waals surface area contributed by atoms with Crippen molar-refractivity contribution in [2.45, 2.75) is 52.7 Å². The van der Waals surface area contributed by atoms with E-state index < -0.39 is 30.7 Å². The number of carboxylic acid groups (broad SMARTS) is 1. The molecular weight excluding hydrogens is 238 g/mol. The highest BCUT2D eigenvalue weighted by atomic mass is 16.6. The van der Waals surface area contributed by atoms with Crippen molar-refractivity contribution in [1.29, 1.82) is 0 Å². The predicted molar refractivity (Wildman–Crippen MR) is 68.5 cm³/mol. The van der Waals surface area contributed by atoms with Gasteiger partial charge >= 0.3 is 12.1 Å². The first-order chi connectivity index (χ1) is 8.08. The highest BCUT2D eigenvalue weighted by molar-refractivity contribution is 5.79. The van der Waals surface area contributed by atoms with Crippen molar-refractivity contribution in [3.63, 3.8) is 0 Å². The third kappa shape index (κ3) is 7.11. The lowest BCUT2D eigenvalue weighted by Gasteiger charge is -2.29. The summed E-state index contributed by atoms with van der Waals surface area (Å²) in [6.07, 6.45) is -0.460. The molecule has 0 unspecified atom stereocenters. The number of ether oxygens (including phenoxy) is 1. The van der Waals surface area contributed by atoms with E-state index in [1.807, 2.05) is 13.8 Å². The van der Waals surface area contributed by atoms with Gasteiger partial charge in [-0.1, -0.05) is 13.8 Å². The average Bonchev–Trinajstić information content (AvgIpc) is 2.13. The Balaban J connectivity index is 0. The lowest BCUT2D eigenvalue weighted by Crippen LogP contribution is -2.45. The lowest BCUT2D eigenvalue weighted by molar-refractivity contribution is -0.143. The van der Waals surface area contributed by atoms with E-state index in [0.29, 0.717) is 6.42 Å². The van der Waals surface area contributed by atoms with Crippen LogP contribution in [0, 0.1) is 5.92 Å². The number of carbonyl (C=O) groups excluding carboxylic acids is 1. The number of aliphatic carboxylic acids is 1. The highest BCUT2D eigenvalue weighted by Crippen LogP contribution is 2.15. The van der Waals surface area contributed by atoms with Crippen LogP contribution in [0.1, 0.15) is 42.4 Å². The molecule has 6 heteroatoms. The molecule has 0 aromatic carbocycles. The van der Waals surface area contributed by atoms with Gasteiger partial charge in [-0.3, -0.25) is 4.90 Å². The van der Waals surface area contributed by atoms with E-state index in [2.05, 4.69) is 0 Å². The molecule has 0 aliphatic rings. The van der Waals surface area contributed by atoms with Gasteiger partial charge in [-0.15, -0.1) is 0 Å². The van der Waals surface area contributed by atoms with Gasteiger partial charge in [0.25, 0.3) is 0 Å². The number of carbonyl (C=O) groups is 2. The Hall–Kier alpha value is -1.30. The first kappa shape index (κ1) is 16.7. The maximum Gasteiger partial charge on any atom is 0.410 e. The number of likely N-dealkylation sites (N-methyl/N-ethyl adjacent to an activating group) is 1. The second kappa shape index (κ2) is 7.20. The lowest BCUT2D eigenvalue weighted by atomic mass is 10.0. The van der Waals surface area contributed by atoms with Gasteiger partial charge in [-0.2, -0.15) is 0 Å². The van der Waals surface area contributed by atoms with E-state index in [1.54, 1.807) is 20.8 Å². The molecule has 0 spiro atoms. The van der Waals surface area contributed by atoms with E-state index in [0.717, 1.165) is 4.90 Å². The molecule has 18 heavy (non-hydrogen) atoms. The van der Waals surface area contributed by atoms with E-state index in [-0.39, 0.29) is 11.4 Å². The van der Waals surface area contributed by atoms with Gasteiger partial charge in [0.05, 0.1) is 0 Å². The van der Waals surface area contributed by atoms with Crippen LogP contribution in [0.15, 0.2) is 0 Å². The summed E-state index contributed by atoms with van der Waals surface area (Å²) in [5, 5.41) is 9.14. The van der Waals surface area contributed by atoms with Crippen LogP contribution in [-0.2, 0) is 9.53 Å². The third-order valence-electron chi connectivity index (χ3n) is 1.98. The molecule has 0 aromatic rings. The molecule has 0 saturated heterocycles. The number of nitrogens with zero attached hydrogens (tertiary/aromatic N) is 1. The summed E-state index contributed by atoms with van der Waals surface area (Å²) in [5.41, 5.74) is -0.703. The maximum atomic E-state index is 11.8. The van der Waals surface area contributed by atoms with Gasteiger partial charge in [-0.25, -0.2) is 9.59 Å². The molecule has 1 amide bonds. The number of hydrogen-bond donors (Lipinski definition) is 1. The second-order valence-corrected chi connectivity index (χ2v) is 5.43. The molecule has 6 nitrogen and oxygen atoms in total. The smallest absolute Gasteiger partial charge is 0.410 e. The molecule has 0 saturated carbocycles. The van der Waals surface area contributed by atoms with Crippen molar-refractivity contribution in [2.75, 3.05) is 7.02 Å². The fourth-order valence-corrected chi connectivity index (χ4v) is 1.26. The normalized spacial score (nSPS) is 13.3. The minimum atomic E-state index is -1.11. The highest BCUT2D eigenvalue weighted by Gasteiger charge is 2.30. The van der Waals surface area contributed by atoms with Crippen molar-refractivity contribution in [3.8, 4) is 0 Å². The number of hydrogen-bond acceptors (Lipinski definition) is 3. The molecule has 0 fully saturated rings. The number of amides is 1. The van der Waals surface area contributed by atoms with Crippen LogP contribution in [0.3, 0.4) is 0 Å². The predicted octanol–water partition coefficient (Wildman–Crippen LogP) is 1.53. The molecule has 0 aromatic heterocycles. The molecule has 0 aliphatic carbocycles. The summed E-state index contributed by atoms with van der Waals surface area (Å²) in [4.78, 5) is 23.9. The second-order valence-electron chi connectivity index (χ2n) is 5.43. The van der Waals surface area contributed by atoms with Crippen LogP contribution in [-0.4, -0.2) is 46.2 Å². The Labute approximate surface area is 110 Å². The summed E-state index contributed by atoms with van der Waals surface area (Å²) in [7, 11) is -0.432. The Morgan fingerprint density at radius 3 is 2.17 bits per heavy atom. The van der Waals surface area contributed by atoms with Crippen LogP contribution in [0.25, 0.3) is 0 Å². The molecule has 3 N–H and O–H groups in total. The number of rotatable bonds is 4. The summed E-state index contributed by atoms with van der Waals surface area (Å²) < 4.78 is 12.4. The molecule has 0 heterocycles. The molecule has 1 atom stereocenters. The minimum absolute atomic E-state index is 0. The molecule has 0 aliphatic heterocycles. The van der Waals surface area contributed by atoms with Crippen molar-refractivity contribution in [3.05, 3.63) is 0 Å². The monoisotopic (exact) mass is 264 g/mol. The van der Waals surface area contributed by atoms with E-state index in [1.165, 1.54) is 0 Å². The van der Waals surface area contributed by atoms with Crippen LogP contribution in [0.2, 0.25) is 0 Å². The van der Waals surface area contributed by atoms with Crippen molar-refractivity contribution >= 4 is 12.1 Å². The zero-order valence-corrected chi connectivity index (χ0v) is 11.7. The van der Waals surface area contributed by atoms with Gasteiger partial charge in [-0.05, 0) is 33.1 Å². The Morgan fingerprint density at radius 2 is 1.89 bits per heavy atom. The fraction of sp³-hybridized carbons (Fsp3) is 0.833. The van der Waals surface area contributed by atoms with Crippen LogP contribution in [0.4, 0.5) is 4.79 Å². The van der Waals surface area contributed by atoms with E-state index >= 15 is 0 Å². The summed E-state index contributed by atoms with van der Waals surface area (Å²) in [6, 6.07) is -1.02. The number of carboxylic acids is 1. The van der Waals surface area contributed by atoms with Gasteiger partial charge in [0.15, 0.2) is 0 Å². The zero-order valence-electron chi connectivity index (χ0n) is 12.7. The summed E-state index contributed by atoms with van der Waals surface area (Å²) in [5.74, 6) is -0.996. The van der Waals surface area contributed by atoms with Crippen molar-refractivity contribution in [1.82, 2.24) is 4.90 Å². The van der Waals surface area contributed by atoms with Gasteiger partial charge in [0.2, 0.25) is 0 Å². The molecule has 0 bridgehead atoms. The topological polar surface area (TPSA) is 98.3 Å². The Bertz CT molecular complexity index is 301. The summed E-state index contributed by atoms with van der Waals surface area (Å²) >= 11 is 0. The van der Waals surface area contributed by atoms with Crippen molar-refractivity contribution < 1.29 is 26.3 Å². The van der Waals surface area contributed by atoms with Crippen molar-refractivity contribution in [2.24, 2.45) is 5.92 Å².